The number of pyridine rings is 2. The van der Waals surface area contributed by atoms with E-state index in [-0.39, 0.29) is 11.9 Å². The molecule has 7 aromatic rings. The van der Waals surface area contributed by atoms with Crippen LogP contribution in [-0.2, 0) is 29.0 Å². The molecule has 2 aliphatic rings. The molecule has 0 spiro atoms. The Morgan fingerprint density at radius 3 is 2.62 bits per heavy atom. The van der Waals surface area contributed by atoms with Crippen LogP contribution in [0.5, 0.6) is 5.75 Å². The largest absolute Gasteiger partial charge is 0.488 e. The number of nitrogens with one attached hydrogen (secondary N) is 1. The highest BCUT2D eigenvalue weighted by Gasteiger charge is 2.27. The van der Waals surface area contributed by atoms with Gasteiger partial charge < -0.3 is 25.3 Å². The van der Waals surface area contributed by atoms with Crippen molar-refractivity contribution in [2.45, 2.75) is 38.3 Å². The van der Waals surface area contributed by atoms with E-state index in [4.69, 9.17) is 29.9 Å². The van der Waals surface area contributed by atoms with Gasteiger partial charge in [0.05, 0.1) is 11.1 Å². The lowest BCUT2D eigenvalue weighted by Crippen LogP contribution is -2.20. The second-order valence-electron chi connectivity index (χ2n) is 12.7. The molecule has 1 atom stereocenters. The zero-order valence-corrected chi connectivity index (χ0v) is 27.9. The fourth-order valence-electron chi connectivity index (χ4n) is 6.88. The number of nitrogen functional groups attached to an aromatic ring is 1. The lowest BCUT2D eigenvalue weighted by molar-refractivity contribution is -0.0267. The number of halogens is 1. The molecule has 5 heterocycles. The number of hydrogen-bond acceptors (Lipinski definition) is 9. The van der Waals surface area contributed by atoms with Gasteiger partial charge in [-0.3, -0.25) is 4.57 Å². The molecule has 3 N–H and O–H groups in total. The lowest BCUT2D eigenvalue weighted by atomic mass is 10.1. The summed E-state index contributed by atoms with van der Waals surface area (Å²) in [7, 11) is 0. The number of ether oxygens (including phenoxy) is 3. The van der Waals surface area contributed by atoms with E-state index in [1.807, 2.05) is 71.4 Å². The highest BCUT2D eigenvalue weighted by molar-refractivity contribution is 5.83. The molecule has 1 aliphatic heterocycles. The molecule has 12 heteroatoms. The van der Waals surface area contributed by atoms with Crippen molar-refractivity contribution in [1.29, 1.82) is 0 Å². The van der Waals surface area contributed by atoms with Gasteiger partial charge in [0.25, 0.3) is 6.29 Å². The summed E-state index contributed by atoms with van der Waals surface area (Å²) < 4.78 is 36.7. The van der Waals surface area contributed by atoms with Crippen molar-refractivity contribution in [3.05, 3.63) is 156 Å². The summed E-state index contributed by atoms with van der Waals surface area (Å²) in [5, 5.41) is 7.96. The van der Waals surface area contributed by atoms with Crippen LogP contribution in [0.1, 0.15) is 46.6 Å². The van der Waals surface area contributed by atoms with Crippen LogP contribution in [0.15, 0.2) is 122 Å². The van der Waals surface area contributed by atoms with Gasteiger partial charge >= 0.3 is 0 Å². The Hall–Kier alpha value is -6.53. The van der Waals surface area contributed by atoms with Crippen LogP contribution >= 0.6 is 0 Å². The average molecular weight is 693 g/mol. The van der Waals surface area contributed by atoms with Crippen molar-refractivity contribution < 1.29 is 18.6 Å². The minimum Gasteiger partial charge on any atom is -0.488 e. The van der Waals surface area contributed by atoms with Gasteiger partial charge in [-0.05, 0) is 78.1 Å². The fraction of sp³-hybridized carbons (Fsp3) is 0.150. The summed E-state index contributed by atoms with van der Waals surface area (Å²) in [5.74, 6) is 1.71. The van der Waals surface area contributed by atoms with Gasteiger partial charge in [0.1, 0.15) is 42.0 Å². The second-order valence-corrected chi connectivity index (χ2v) is 12.7. The first-order valence-electron chi connectivity index (χ1n) is 17.0. The Bertz CT molecular complexity index is 2420. The van der Waals surface area contributed by atoms with E-state index in [0.29, 0.717) is 58.7 Å². The number of nitrogens with zero attached hydrogens (tertiary/aromatic N) is 6. The highest BCUT2D eigenvalue weighted by atomic mass is 19.1. The summed E-state index contributed by atoms with van der Waals surface area (Å²) in [5.41, 5.74) is 13.8. The molecule has 0 radical (unpaired) electrons. The van der Waals surface area contributed by atoms with E-state index in [0.717, 1.165) is 35.2 Å². The van der Waals surface area contributed by atoms with Crippen LogP contribution in [0.2, 0.25) is 0 Å². The van der Waals surface area contributed by atoms with E-state index >= 15 is 4.39 Å². The maximum Gasteiger partial charge on any atom is 0.269 e. The molecule has 0 amide bonds. The molecule has 0 saturated heterocycles. The number of aromatic nitrogens is 6. The molecule has 0 bridgehead atoms. The maximum absolute atomic E-state index is 15.6. The van der Waals surface area contributed by atoms with Crippen molar-refractivity contribution in [1.82, 2.24) is 34.6 Å². The Kier molecular flexibility index (Phi) is 8.05. The number of benzene rings is 3. The third-order valence-electron chi connectivity index (χ3n) is 9.44. The van der Waals surface area contributed by atoms with Crippen LogP contribution in [-0.4, -0.2) is 29.3 Å². The molecule has 0 unspecified atom stereocenters. The van der Waals surface area contributed by atoms with Gasteiger partial charge in [-0.1, -0.05) is 36.4 Å². The molecule has 11 nitrogen and oxygen atoms in total. The van der Waals surface area contributed by atoms with E-state index in [1.54, 1.807) is 23.1 Å². The molecule has 9 rings (SSSR count). The highest BCUT2D eigenvalue weighted by Crippen LogP contribution is 2.38. The smallest absolute Gasteiger partial charge is 0.269 e. The molecule has 0 fully saturated rings. The van der Waals surface area contributed by atoms with Gasteiger partial charge in [0.15, 0.2) is 17.3 Å². The Balaban J connectivity index is 1.00. The topological polar surface area (TPSA) is 127 Å². The first-order chi connectivity index (χ1) is 25.6. The SMILES string of the molecule is Nc1ncccc1-c1nc2ccc(-n3cccn3)nc2n1-c1ccc2c(c1)CC[C@@H]2NCc1cc(C2OC=CO2)c(OCc2ccccc2)cc1F. The maximum atomic E-state index is 15.6. The number of nitrogens with two attached hydrogens (primary N) is 1. The van der Waals surface area contributed by atoms with E-state index < -0.39 is 6.29 Å². The minimum atomic E-state index is -0.716. The van der Waals surface area contributed by atoms with Gasteiger partial charge in [-0.2, -0.15) is 5.10 Å². The monoisotopic (exact) mass is 692 g/mol. The summed E-state index contributed by atoms with van der Waals surface area (Å²) >= 11 is 0. The summed E-state index contributed by atoms with van der Waals surface area (Å²) in [6.07, 6.45) is 9.18. The molecular weight excluding hydrogens is 659 g/mol. The molecule has 0 saturated carbocycles. The molecule has 258 valence electrons. The van der Waals surface area contributed by atoms with Crippen LogP contribution in [0.3, 0.4) is 0 Å². The lowest BCUT2D eigenvalue weighted by Gasteiger charge is -2.19. The van der Waals surface area contributed by atoms with Crippen molar-refractivity contribution in [2.24, 2.45) is 0 Å². The first kappa shape index (κ1) is 31.5. The predicted molar refractivity (Wildman–Crippen MR) is 193 cm³/mol. The zero-order valence-electron chi connectivity index (χ0n) is 27.9. The van der Waals surface area contributed by atoms with Crippen molar-refractivity contribution in [3.8, 4) is 28.6 Å². The van der Waals surface area contributed by atoms with E-state index in [2.05, 4.69) is 33.6 Å². The van der Waals surface area contributed by atoms with E-state index in [1.165, 1.54) is 24.2 Å². The number of hydrogen-bond donors (Lipinski definition) is 2. The van der Waals surface area contributed by atoms with Crippen LogP contribution in [0, 0.1) is 5.82 Å². The van der Waals surface area contributed by atoms with Crippen LogP contribution in [0.4, 0.5) is 10.2 Å². The number of anilines is 1. The van der Waals surface area contributed by atoms with Gasteiger partial charge in [-0.15, -0.1) is 0 Å². The Morgan fingerprint density at radius 1 is 0.904 bits per heavy atom. The number of aryl methyl sites for hydroxylation is 1. The van der Waals surface area contributed by atoms with Crippen molar-refractivity contribution in [2.75, 3.05) is 5.73 Å². The fourth-order valence-corrected chi connectivity index (χ4v) is 6.88. The number of imidazole rings is 1. The van der Waals surface area contributed by atoms with Gasteiger partial charge in [0.2, 0.25) is 0 Å². The summed E-state index contributed by atoms with van der Waals surface area (Å²) in [6.45, 7) is 0.597. The third kappa shape index (κ3) is 5.88. The molecule has 52 heavy (non-hydrogen) atoms. The van der Waals surface area contributed by atoms with Gasteiger partial charge in [0, 0.05) is 48.5 Å². The van der Waals surface area contributed by atoms with Crippen LogP contribution < -0.4 is 15.8 Å². The Labute approximate surface area is 298 Å². The van der Waals surface area contributed by atoms with Gasteiger partial charge in [-0.25, -0.2) is 24.0 Å². The second kappa shape index (κ2) is 13.3. The zero-order chi connectivity index (χ0) is 35.0. The third-order valence-corrected chi connectivity index (χ3v) is 9.44. The molecule has 1 aliphatic carbocycles. The quantitative estimate of drug-likeness (QED) is 0.152. The normalized spacial score (nSPS) is 15.1. The predicted octanol–water partition coefficient (Wildman–Crippen LogP) is 7.26. The van der Waals surface area contributed by atoms with Crippen molar-refractivity contribution >= 4 is 17.0 Å². The summed E-state index contributed by atoms with van der Waals surface area (Å²) in [6, 6.07) is 28.8. The molecule has 4 aromatic heterocycles. The van der Waals surface area contributed by atoms with Crippen LogP contribution in [0.25, 0.3) is 34.1 Å². The average Bonchev–Trinajstić information content (AvgIpc) is 4.01. The summed E-state index contributed by atoms with van der Waals surface area (Å²) in [4.78, 5) is 14.3. The molecule has 3 aromatic carbocycles. The first-order valence-corrected chi connectivity index (χ1v) is 17.0. The molecular formula is C40H33FN8O3. The van der Waals surface area contributed by atoms with E-state index in [9.17, 15) is 0 Å². The number of fused-ring (bicyclic) bond motifs is 2. The minimum absolute atomic E-state index is 0.0269. The van der Waals surface area contributed by atoms with Crippen molar-refractivity contribution in [3.63, 3.8) is 0 Å². The number of rotatable bonds is 10. The standard InChI is InChI=1S/C40H33FN8O3/c41-32-22-35(52-24-25-6-2-1-3-7-25)31(40-50-18-19-51-40)21-27(32)23-44-33-12-9-26-20-28(10-11-29(26)33)49-38(30-8-4-15-43-37(30)42)46-34-13-14-36(47-39(34)49)48-17-5-16-45-48/h1-8,10-11,13-22,33,40,44H,9,12,23-24H2,(H2,42,43)/t33-/m0/s1. The Morgan fingerprint density at radius 2 is 1.79 bits per heavy atom.